The Morgan fingerprint density at radius 2 is 1.48 bits per heavy atom. The van der Waals surface area contributed by atoms with Crippen LogP contribution < -0.4 is 9.62 Å². The number of hydrogen-bond acceptors (Lipinski definition) is 4. The molecule has 0 aromatic heterocycles. The first-order chi connectivity index (χ1) is 13.9. The largest absolute Gasteiger partial charge is 0.278 e. The van der Waals surface area contributed by atoms with Gasteiger partial charge in [-0.1, -0.05) is 24.3 Å². The number of hydrogen-bond donors (Lipinski definition) is 1. The summed E-state index contributed by atoms with van der Waals surface area (Å²) in [5.41, 5.74) is 0.839. The molecule has 1 saturated heterocycles. The highest BCUT2D eigenvalue weighted by molar-refractivity contribution is 9.10. The second-order valence-electron chi connectivity index (χ2n) is 7.59. The third-order valence-corrected chi connectivity index (χ3v) is 8.07. The average Bonchev–Trinajstić information content (AvgIpc) is 3.38. The van der Waals surface area contributed by atoms with E-state index in [0.29, 0.717) is 15.8 Å². The number of amides is 2. The van der Waals surface area contributed by atoms with Gasteiger partial charge in [0.2, 0.25) is 11.8 Å². The summed E-state index contributed by atoms with van der Waals surface area (Å²) in [4.78, 5) is 27.0. The Kier molecular flexibility index (Phi) is 4.18. The van der Waals surface area contributed by atoms with Crippen LogP contribution in [0.3, 0.4) is 0 Å². The molecule has 2 aromatic carbocycles. The van der Waals surface area contributed by atoms with Gasteiger partial charge in [0.25, 0.3) is 10.0 Å². The van der Waals surface area contributed by atoms with Gasteiger partial charge >= 0.3 is 0 Å². The number of imide groups is 1. The third-order valence-electron chi connectivity index (χ3n) is 5.99. The van der Waals surface area contributed by atoms with Gasteiger partial charge in [0.05, 0.1) is 28.1 Å². The molecule has 6 nitrogen and oxygen atoms in total. The lowest BCUT2D eigenvalue weighted by Gasteiger charge is -2.18. The van der Waals surface area contributed by atoms with Crippen LogP contribution in [-0.2, 0) is 19.6 Å². The number of anilines is 2. The highest BCUT2D eigenvalue weighted by Gasteiger charge is 2.59. The van der Waals surface area contributed by atoms with E-state index in [1.807, 2.05) is 12.2 Å². The molecule has 2 fully saturated rings. The van der Waals surface area contributed by atoms with E-state index in [9.17, 15) is 18.0 Å². The fourth-order valence-electron chi connectivity index (χ4n) is 4.68. The van der Waals surface area contributed by atoms with Gasteiger partial charge in [-0.3, -0.25) is 19.2 Å². The van der Waals surface area contributed by atoms with Crippen LogP contribution in [0.4, 0.5) is 11.4 Å². The lowest BCUT2D eigenvalue weighted by atomic mass is 9.85. The Bertz CT molecular complexity index is 1130. The van der Waals surface area contributed by atoms with Crippen LogP contribution in [-0.4, -0.2) is 20.2 Å². The van der Waals surface area contributed by atoms with Crippen LogP contribution in [0.5, 0.6) is 0 Å². The van der Waals surface area contributed by atoms with Crippen molar-refractivity contribution < 1.29 is 18.0 Å². The molecule has 148 valence electrons. The first-order valence-corrected chi connectivity index (χ1v) is 11.6. The zero-order valence-corrected chi connectivity index (χ0v) is 17.6. The number of sulfonamides is 1. The smallest absolute Gasteiger partial charge is 0.261 e. The maximum atomic E-state index is 12.9. The van der Waals surface area contributed by atoms with E-state index >= 15 is 0 Å². The van der Waals surface area contributed by atoms with Crippen molar-refractivity contribution in [2.75, 3.05) is 9.62 Å². The summed E-state index contributed by atoms with van der Waals surface area (Å²) in [5.74, 6) is -0.646. The molecule has 1 saturated carbocycles. The summed E-state index contributed by atoms with van der Waals surface area (Å²) in [7, 11) is -3.80. The van der Waals surface area contributed by atoms with Crippen molar-refractivity contribution in [1.29, 1.82) is 0 Å². The van der Waals surface area contributed by atoms with E-state index in [4.69, 9.17) is 0 Å². The molecule has 1 heterocycles. The van der Waals surface area contributed by atoms with Crippen LogP contribution in [0.15, 0.2) is 70.1 Å². The number of benzene rings is 2. The zero-order valence-electron chi connectivity index (χ0n) is 15.2. The number of carbonyl (C=O) groups excluding carboxylic acids is 2. The Labute approximate surface area is 176 Å². The van der Waals surface area contributed by atoms with E-state index in [2.05, 4.69) is 20.7 Å². The monoisotopic (exact) mass is 472 g/mol. The molecule has 2 aromatic rings. The van der Waals surface area contributed by atoms with Gasteiger partial charge in [0.15, 0.2) is 0 Å². The van der Waals surface area contributed by atoms with Crippen molar-refractivity contribution in [3.8, 4) is 0 Å². The Hall–Kier alpha value is -2.45. The molecule has 4 atom stereocenters. The van der Waals surface area contributed by atoms with Crippen LogP contribution in [0.1, 0.15) is 6.42 Å². The van der Waals surface area contributed by atoms with Gasteiger partial charge in [0, 0.05) is 4.47 Å². The topological polar surface area (TPSA) is 83.6 Å². The Morgan fingerprint density at radius 1 is 0.897 bits per heavy atom. The van der Waals surface area contributed by atoms with Gasteiger partial charge in [0.1, 0.15) is 0 Å². The maximum absolute atomic E-state index is 12.9. The summed E-state index contributed by atoms with van der Waals surface area (Å²) in [6.45, 7) is 0. The lowest BCUT2D eigenvalue weighted by Crippen LogP contribution is -2.32. The van der Waals surface area contributed by atoms with Gasteiger partial charge in [-0.25, -0.2) is 8.42 Å². The first kappa shape index (κ1) is 18.6. The molecular weight excluding hydrogens is 456 g/mol. The number of rotatable bonds is 4. The van der Waals surface area contributed by atoms with E-state index in [-0.39, 0.29) is 40.4 Å². The van der Waals surface area contributed by atoms with Crippen LogP contribution in [0, 0.1) is 23.7 Å². The molecule has 0 spiro atoms. The Balaban J connectivity index is 1.40. The van der Waals surface area contributed by atoms with Gasteiger partial charge in [-0.05, 0) is 70.6 Å². The van der Waals surface area contributed by atoms with Crippen molar-refractivity contribution in [3.05, 3.63) is 65.2 Å². The van der Waals surface area contributed by atoms with E-state index in [0.717, 1.165) is 6.42 Å². The van der Waals surface area contributed by atoms with Crippen molar-refractivity contribution >= 4 is 49.1 Å². The summed E-state index contributed by atoms with van der Waals surface area (Å²) in [6, 6.07) is 12.8. The minimum atomic E-state index is -3.80. The number of halogens is 1. The van der Waals surface area contributed by atoms with Gasteiger partial charge < -0.3 is 0 Å². The fourth-order valence-corrected chi connectivity index (χ4v) is 6.27. The minimum Gasteiger partial charge on any atom is -0.278 e. The molecule has 29 heavy (non-hydrogen) atoms. The number of fused-ring (bicyclic) bond motifs is 5. The first-order valence-electron chi connectivity index (χ1n) is 9.30. The van der Waals surface area contributed by atoms with Crippen molar-refractivity contribution in [2.45, 2.75) is 11.3 Å². The third kappa shape index (κ3) is 2.85. The predicted molar refractivity (Wildman–Crippen MR) is 112 cm³/mol. The summed E-state index contributed by atoms with van der Waals surface area (Å²) >= 11 is 3.32. The molecule has 1 aliphatic heterocycles. The summed E-state index contributed by atoms with van der Waals surface area (Å²) in [6.07, 6.45) is 4.96. The SMILES string of the molecule is O=C1[C@@H]2[C@@H]3C=CC(C3)[C@@H]2C(=O)N1c1ccc(S(=O)(=O)Nc2ccccc2Br)cc1. The standard InChI is InChI=1S/C21H17BrN2O4S/c22-16-3-1-2-4-17(16)23-29(27,28)15-9-7-14(8-10-15)24-20(25)18-12-5-6-13(11-12)19(18)21(24)26/h1-10,12-13,18-19,23H,11H2/t12-,13?,18-,19+/m1/s1. The number of allylic oxidation sites excluding steroid dienone is 2. The molecule has 2 amide bonds. The molecule has 3 aliphatic rings. The average molecular weight is 473 g/mol. The normalized spacial score (nSPS) is 27.6. The number of nitrogens with zero attached hydrogens (tertiary/aromatic N) is 1. The molecule has 1 unspecified atom stereocenters. The van der Waals surface area contributed by atoms with Crippen molar-refractivity contribution in [3.63, 3.8) is 0 Å². The quantitative estimate of drug-likeness (QED) is 0.544. The number of carbonyl (C=O) groups is 2. The molecule has 5 rings (SSSR count). The number of nitrogens with one attached hydrogen (secondary N) is 1. The van der Waals surface area contributed by atoms with Crippen LogP contribution in [0.25, 0.3) is 0 Å². The minimum absolute atomic E-state index is 0.0537. The summed E-state index contributed by atoms with van der Waals surface area (Å²) in [5, 5.41) is 0. The molecule has 2 bridgehead atoms. The lowest BCUT2D eigenvalue weighted by molar-refractivity contribution is -0.123. The number of para-hydroxylation sites is 1. The molecule has 0 radical (unpaired) electrons. The van der Waals surface area contributed by atoms with E-state index in [1.165, 1.54) is 29.2 Å². The summed E-state index contributed by atoms with van der Waals surface area (Å²) < 4.78 is 28.5. The molecular formula is C21H17BrN2O4S. The van der Waals surface area contributed by atoms with Crippen LogP contribution in [0.2, 0.25) is 0 Å². The highest BCUT2D eigenvalue weighted by atomic mass is 79.9. The van der Waals surface area contributed by atoms with Crippen LogP contribution >= 0.6 is 15.9 Å². The van der Waals surface area contributed by atoms with E-state index < -0.39 is 10.0 Å². The fraction of sp³-hybridized carbons (Fsp3) is 0.238. The predicted octanol–water partition coefficient (Wildman–Crippen LogP) is 3.56. The molecule has 8 heteroatoms. The highest BCUT2D eigenvalue weighted by Crippen LogP contribution is 2.53. The van der Waals surface area contributed by atoms with Crippen molar-refractivity contribution in [2.24, 2.45) is 23.7 Å². The Morgan fingerprint density at radius 3 is 2.07 bits per heavy atom. The van der Waals surface area contributed by atoms with Gasteiger partial charge in [-0.15, -0.1) is 0 Å². The molecule has 2 aliphatic carbocycles. The second-order valence-corrected chi connectivity index (χ2v) is 10.1. The second kappa shape index (κ2) is 6.53. The van der Waals surface area contributed by atoms with Crippen molar-refractivity contribution in [1.82, 2.24) is 0 Å². The van der Waals surface area contributed by atoms with Gasteiger partial charge in [-0.2, -0.15) is 0 Å². The zero-order chi connectivity index (χ0) is 20.3. The van der Waals surface area contributed by atoms with E-state index in [1.54, 1.807) is 24.3 Å². The molecule has 1 N–H and O–H groups in total. The maximum Gasteiger partial charge on any atom is 0.261 e.